The monoisotopic (exact) mass is 504 g/mol. The van der Waals surface area contributed by atoms with Crippen LogP contribution in [0.4, 0.5) is 0 Å². The van der Waals surface area contributed by atoms with Crippen molar-refractivity contribution in [3.05, 3.63) is 11.1 Å². The van der Waals surface area contributed by atoms with E-state index in [1.54, 1.807) is 0 Å². The lowest BCUT2D eigenvalue weighted by molar-refractivity contribution is -0.136. The second-order valence-electron chi connectivity index (χ2n) is 14.2. The predicted octanol–water partition coefficient (Wildman–Crippen LogP) is 3.98. The Morgan fingerprint density at radius 3 is 2.33 bits per heavy atom. The number of rotatable bonds is 6. The third kappa shape index (κ3) is 3.65. The number of aliphatic hydroxyl groups excluding tert-OH is 3. The van der Waals surface area contributed by atoms with E-state index in [4.69, 9.17) is 0 Å². The zero-order valence-corrected chi connectivity index (χ0v) is 23.4. The van der Waals surface area contributed by atoms with Crippen molar-refractivity contribution in [2.45, 2.75) is 118 Å². The van der Waals surface area contributed by atoms with Gasteiger partial charge in [0.15, 0.2) is 5.78 Å². The molecular formula is C30H48O6. The number of hydrogen-bond acceptors (Lipinski definition) is 6. The van der Waals surface area contributed by atoms with Gasteiger partial charge in [-0.05, 0) is 91.9 Å². The van der Waals surface area contributed by atoms with Crippen molar-refractivity contribution in [3.8, 4) is 0 Å². The standard InChI is InChI=1S/C30H48O6/c1-17(8-11-23(34)29(6,36)16-31)19-14-24(35)30(7)18-9-10-21-26(2,3)22(33)12-13-27(21,4)25(18)20(32)15-28(19,30)5/h17,19,21-23,31,33-34,36H,8-16H2,1-7H3/t17-,19-,21?,22+,23+,27+,28-,29?,30-/m1/s1. The lowest BCUT2D eigenvalue weighted by Crippen LogP contribution is -2.57. The van der Waals surface area contributed by atoms with Crippen molar-refractivity contribution < 1.29 is 30.0 Å². The molecule has 204 valence electrons. The highest BCUT2D eigenvalue weighted by Crippen LogP contribution is 2.70. The average molecular weight is 505 g/mol. The number of Topliss-reactive ketones (excluding diaryl/α,β-unsaturated/α-hetero) is 2. The number of carbonyl (C=O) groups excluding carboxylic acids is 2. The zero-order valence-electron chi connectivity index (χ0n) is 23.4. The summed E-state index contributed by atoms with van der Waals surface area (Å²) < 4.78 is 0. The van der Waals surface area contributed by atoms with Gasteiger partial charge in [0.2, 0.25) is 0 Å². The smallest absolute Gasteiger partial charge is 0.160 e. The Hall–Kier alpha value is -1.08. The molecular weight excluding hydrogens is 456 g/mol. The van der Waals surface area contributed by atoms with E-state index in [1.165, 1.54) is 6.92 Å². The van der Waals surface area contributed by atoms with Gasteiger partial charge in [-0.2, -0.15) is 0 Å². The lowest BCUT2D eigenvalue weighted by atomic mass is 9.43. The van der Waals surface area contributed by atoms with Crippen molar-refractivity contribution in [3.63, 3.8) is 0 Å². The van der Waals surface area contributed by atoms with Crippen LogP contribution in [-0.4, -0.2) is 56.4 Å². The van der Waals surface area contributed by atoms with Crippen LogP contribution in [0.2, 0.25) is 0 Å². The van der Waals surface area contributed by atoms with Gasteiger partial charge < -0.3 is 20.4 Å². The molecule has 0 aromatic rings. The second kappa shape index (κ2) is 8.72. The number of hydrogen-bond donors (Lipinski definition) is 4. The molecule has 36 heavy (non-hydrogen) atoms. The van der Waals surface area contributed by atoms with E-state index >= 15 is 0 Å². The van der Waals surface area contributed by atoms with E-state index in [-0.39, 0.29) is 46.3 Å². The van der Waals surface area contributed by atoms with Crippen LogP contribution in [0.3, 0.4) is 0 Å². The first-order valence-electron chi connectivity index (χ1n) is 14.0. The molecule has 6 heteroatoms. The Kier molecular flexibility index (Phi) is 6.77. The molecule has 6 nitrogen and oxygen atoms in total. The number of allylic oxidation sites excluding steroid dienone is 2. The summed E-state index contributed by atoms with van der Waals surface area (Å²) in [6, 6.07) is 0. The normalized spacial score (nSPS) is 43.4. The third-order valence-corrected chi connectivity index (χ3v) is 12.0. The summed E-state index contributed by atoms with van der Waals surface area (Å²) in [5.41, 5.74) is -1.36. The van der Waals surface area contributed by atoms with Gasteiger partial charge in [-0.3, -0.25) is 9.59 Å². The lowest BCUT2D eigenvalue weighted by Gasteiger charge is -2.60. The van der Waals surface area contributed by atoms with Gasteiger partial charge in [0, 0.05) is 18.4 Å². The van der Waals surface area contributed by atoms with Crippen LogP contribution in [0, 0.1) is 39.4 Å². The van der Waals surface area contributed by atoms with Crippen LogP contribution in [0.1, 0.15) is 99.8 Å². The van der Waals surface area contributed by atoms with E-state index in [9.17, 15) is 30.0 Å². The SMILES string of the molecule is C[C@H](CC[C@H](O)C(C)(O)CO)[C@H]1CC(=O)[C@@]2(C)C3=C(C(=O)C[C@]12C)[C@@]1(C)CC[C@H](O)C(C)(C)C1CC3. The van der Waals surface area contributed by atoms with E-state index in [0.717, 1.165) is 30.4 Å². The van der Waals surface area contributed by atoms with E-state index in [1.807, 2.05) is 0 Å². The summed E-state index contributed by atoms with van der Waals surface area (Å²) in [6.07, 6.45) is 3.34. The van der Waals surface area contributed by atoms with E-state index in [0.29, 0.717) is 32.1 Å². The maximum Gasteiger partial charge on any atom is 0.160 e. The molecule has 0 spiro atoms. The molecule has 0 aromatic heterocycles. The van der Waals surface area contributed by atoms with Crippen molar-refractivity contribution >= 4 is 11.6 Å². The molecule has 2 fully saturated rings. The molecule has 0 radical (unpaired) electrons. The first-order chi connectivity index (χ1) is 16.5. The van der Waals surface area contributed by atoms with Crippen LogP contribution >= 0.6 is 0 Å². The molecule has 0 aliphatic heterocycles. The average Bonchev–Trinajstić information content (AvgIpc) is 3.01. The molecule has 4 aliphatic carbocycles. The minimum atomic E-state index is -1.56. The van der Waals surface area contributed by atoms with Gasteiger partial charge in [0.25, 0.3) is 0 Å². The van der Waals surface area contributed by atoms with Crippen molar-refractivity contribution in [2.24, 2.45) is 39.4 Å². The zero-order chi connectivity index (χ0) is 27.1. The minimum absolute atomic E-state index is 0.00873. The molecule has 0 saturated heterocycles. The Labute approximate surface area is 216 Å². The van der Waals surface area contributed by atoms with Gasteiger partial charge in [0.05, 0.1) is 24.2 Å². The van der Waals surface area contributed by atoms with Gasteiger partial charge in [-0.25, -0.2) is 0 Å². The van der Waals surface area contributed by atoms with Gasteiger partial charge in [-0.1, -0.05) is 34.6 Å². The highest BCUT2D eigenvalue weighted by Gasteiger charge is 2.68. The Morgan fingerprint density at radius 1 is 1.08 bits per heavy atom. The molecule has 4 N–H and O–H groups in total. The fourth-order valence-corrected chi connectivity index (χ4v) is 9.20. The summed E-state index contributed by atoms with van der Waals surface area (Å²) in [7, 11) is 0. The van der Waals surface area contributed by atoms with Crippen LogP contribution < -0.4 is 0 Å². The van der Waals surface area contributed by atoms with Crippen LogP contribution in [0.15, 0.2) is 11.1 Å². The predicted molar refractivity (Wildman–Crippen MR) is 138 cm³/mol. The number of fused-ring (bicyclic) bond motifs is 4. The molecule has 4 aliphatic rings. The fraction of sp³-hybridized carbons (Fsp3) is 0.867. The maximum absolute atomic E-state index is 14.0. The van der Waals surface area contributed by atoms with Crippen LogP contribution in [0.5, 0.6) is 0 Å². The molecule has 0 bridgehead atoms. The fourth-order valence-electron chi connectivity index (χ4n) is 9.20. The molecule has 2 saturated carbocycles. The van der Waals surface area contributed by atoms with Gasteiger partial charge in [0.1, 0.15) is 11.4 Å². The highest BCUT2D eigenvalue weighted by molar-refractivity contribution is 6.04. The number of carbonyl (C=O) groups is 2. The third-order valence-electron chi connectivity index (χ3n) is 12.0. The molecule has 2 unspecified atom stereocenters. The topological polar surface area (TPSA) is 115 Å². The highest BCUT2D eigenvalue weighted by atomic mass is 16.4. The second-order valence-corrected chi connectivity index (χ2v) is 14.2. The molecule has 0 aromatic carbocycles. The first-order valence-corrected chi connectivity index (χ1v) is 14.0. The summed E-state index contributed by atoms with van der Waals surface area (Å²) in [5.74, 6) is 0.697. The van der Waals surface area contributed by atoms with E-state index < -0.39 is 29.1 Å². The summed E-state index contributed by atoms with van der Waals surface area (Å²) in [5, 5.41) is 40.8. The summed E-state index contributed by atoms with van der Waals surface area (Å²) in [4.78, 5) is 27.9. The molecule has 4 rings (SSSR count). The van der Waals surface area contributed by atoms with Gasteiger partial charge in [-0.15, -0.1) is 0 Å². The van der Waals surface area contributed by atoms with Crippen LogP contribution in [0.25, 0.3) is 0 Å². The quantitative estimate of drug-likeness (QED) is 0.435. The Morgan fingerprint density at radius 2 is 1.72 bits per heavy atom. The number of ketones is 2. The Balaban J connectivity index is 1.69. The van der Waals surface area contributed by atoms with Crippen LogP contribution in [-0.2, 0) is 9.59 Å². The van der Waals surface area contributed by atoms with Crippen molar-refractivity contribution in [1.82, 2.24) is 0 Å². The van der Waals surface area contributed by atoms with Gasteiger partial charge >= 0.3 is 0 Å². The Bertz CT molecular complexity index is 964. The first kappa shape index (κ1) is 27.9. The summed E-state index contributed by atoms with van der Waals surface area (Å²) >= 11 is 0. The largest absolute Gasteiger partial charge is 0.393 e. The molecule has 0 heterocycles. The molecule has 0 amide bonds. The maximum atomic E-state index is 14.0. The number of aliphatic hydroxyl groups is 4. The summed E-state index contributed by atoms with van der Waals surface area (Å²) in [6.45, 7) is 13.7. The van der Waals surface area contributed by atoms with E-state index in [2.05, 4.69) is 41.5 Å². The van der Waals surface area contributed by atoms with Crippen molar-refractivity contribution in [1.29, 1.82) is 0 Å². The minimum Gasteiger partial charge on any atom is -0.393 e. The van der Waals surface area contributed by atoms with Crippen molar-refractivity contribution in [2.75, 3.05) is 6.61 Å². The molecule has 9 atom stereocenters.